The summed E-state index contributed by atoms with van der Waals surface area (Å²) in [7, 11) is 0. The fourth-order valence-electron chi connectivity index (χ4n) is 1.60. The quantitative estimate of drug-likeness (QED) is 0.690. The average Bonchev–Trinajstić information content (AvgIpc) is 2.43. The van der Waals surface area contributed by atoms with E-state index in [0.717, 1.165) is 28.3 Å². The number of allylic oxidation sites excluding steroid dienone is 5. The summed E-state index contributed by atoms with van der Waals surface area (Å²) in [6.07, 6.45) is 7.51. The van der Waals surface area contributed by atoms with E-state index >= 15 is 0 Å². The molecule has 0 aliphatic carbocycles. The topological polar surface area (TPSA) is 24.1 Å². The molecule has 0 heterocycles. The number of nitrogens with one attached hydrogen (secondary N) is 2. The molecule has 0 unspecified atom stereocenters. The van der Waals surface area contributed by atoms with E-state index in [4.69, 9.17) is 0 Å². The summed E-state index contributed by atoms with van der Waals surface area (Å²) in [5.41, 5.74) is 4.13. The van der Waals surface area contributed by atoms with Crippen LogP contribution in [-0.4, -0.2) is 0 Å². The van der Waals surface area contributed by atoms with Gasteiger partial charge < -0.3 is 10.6 Å². The molecular weight excluding hydrogens is 244 g/mol. The Morgan fingerprint density at radius 3 is 2.30 bits per heavy atom. The van der Waals surface area contributed by atoms with Gasteiger partial charge >= 0.3 is 0 Å². The third kappa shape index (κ3) is 5.02. The summed E-state index contributed by atoms with van der Waals surface area (Å²) in [5.74, 6) is 0.717. The highest BCUT2D eigenvalue weighted by Crippen LogP contribution is 2.16. The van der Waals surface area contributed by atoms with Gasteiger partial charge in [-0.15, -0.1) is 0 Å². The standard InChI is InChI=1S/C18H22N2/c1-6-8-9-17(7-2)19-15(5)20-18-12-10-16(11-13-18)14(3)4/h6-13,19-20H,1,3,5H2,2,4H3/b9-8-,17-7+. The minimum Gasteiger partial charge on any atom is -0.343 e. The van der Waals surface area contributed by atoms with Crippen LogP contribution in [0.25, 0.3) is 5.57 Å². The Morgan fingerprint density at radius 2 is 1.80 bits per heavy atom. The maximum absolute atomic E-state index is 3.96. The first-order valence-corrected chi connectivity index (χ1v) is 6.51. The fourth-order valence-corrected chi connectivity index (χ4v) is 1.60. The zero-order valence-corrected chi connectivity index (χ0v) is 12.2. The maximum Gasteiger partial charge on any atom is 0.100 e. The van der Waals surface area contributed by atoms with Crippen molar-refractivity contribution in [2.45, 2.75) is 13.8 Å². The number of hydrogen-bond acceptors (Lipinski definition) is 2. The second kappa shape index (κ2) is 7.85. The molecule has 1 aromatic carbocycles. The molecule has 0 fully saturated rings. The third-order valence-corrected chi connectivity index (χ3v) is 2.69. The zero-order valence-electron chi connectivity index (χ0n) is 12.2. The minimum atomic E-state index is 0.717. The van der Waals surface area contributed by atoms with E-state index in [9.17, 15) is 0 Å². The summed E-state index contributed by atoms with van der Waals surface area (Å²) in [5, 5.41) is 6.40. The van der Waals surface area contributed by atoms with E-state index in [1.807, 2.05) is 56.3 Å². The largest absolute Gasteiger partial charge is 0.343 e. The SMILES string of the molecule is C=C/C=C\C(=C/C)NC(=C)Nc1ccc(C(=C)C)cc1. The highest BCUT2D eigenvalue weighted by atomic mass is 15.1. The van der Waals surface area contributed by atoms with Crippen molar-refractivity contribution >= 4 is 11.3 Å². The predicted molar refractivity (Wildman–Crippen MR) is 90.1 cm³/mol. The Balaban J connectivity index is 2.64. The van der Waals surface area contributed by atoms with E-state index in [1.165, 1.54) is 0 Å². The second-order valence-electron chi connectivity index (χ2n) is 4.43. The Kier molecular flexibility index (Phi) is 6.11. The number of benzene rings is 1. The van der Waals surface area contributed by atoms with Crippen LogP contribution in [-0.2, 0) is 0 Å². The van der Waals surface area contributed by atoms with Gasteiger partial charge in [-0.1, -0.05) is 55.7 Å². The zero-order chi connectivity index (χ0) is 15.0. The molecule has 0 atom stereocenters. The normalized spacial score (nSPS) is 11.2. The minimum absolute atomic E-state index is 0.717. The van der Waals surface area contributed by atoms with Crippen LogP contribution in [0, 0.1) is 0 Å². The van der Waals surface area contributed by atoms with Crippen molar-refractivity contribution in [3.63, 3.8) is 0 Å². The molecule has 0 aliphatic heterocycles. The Hall–Kier alpha value is -2.48. The Bertz CT molecular complexity index is 545. The fraction of sp³-hybridized carbons (Fsp3) is 0.111. The lowest BCUT2D eigenvalue weighted by atomic mass is 10.1. The molecule has 1 aromatic rings. The molecule has 2 N–H and O–H groups in total. The molecule has 0 radical (unpaired) electrons. The van der Waals surface area contributed by atoms with Crippen LogP contribution < -0.4 is 10.6 Å². The number of anilines is 1. The molecule has 104 valence electrons. The van der Waals surface area contributed by atoms with Crippen LogP contribution >= 0.6 is 0 Å². The number of hydrogen-bond donors (Lipinski definition) is 2. The molecule has 1 rings (SSSR count). The molecule has 0 saturated heterocycles. The van der Waals surface area contributed by atoms with Crippen molar-refractivity contribution in [2.75, 3.05) is 5.32 Å². The molecule has 0 saturated carbocycles. The van der Waals surface area contributed by atoms with Gasteiger partial charge in [0.25, 0.3) is 0 Å². The van der Waals surface area contributed by atoms with Gasteiger partial charge in [-0.3, -0.25) is 0 Å². The van der Waals surface area contributed by atoms with Crippen molar-refractivity contribution in [2.24, 2.45) is 0 Å². The molecule has 2 nitrogen and oxygen atoms in total. The molecule has 0 aliphatic rings. The molecule has 0 aromatic heterocycles. The molecule has 2 heteroatoms. The highest BCUT2D eigenvalue weighted by molar-refractivity contribution is 5.64. The van der Waals surface area contributed by atoms with Crippen molar-refractivity contribution in [1.29, 1.82) is 0 Å². The highest BCUT2D eigenvalue weighted by Gasteiger charge is 1.98. The van der Waals surface area contributed by atoms with Gasteiger partial charge in [0.1, 0.15) is 5.82 Å². The molecule has 0 spiro atoms. The average molecular weight is 266 g/mol. The van der Waals surface area contributed by atoms with E-state index in [1.54, 1.807) is 6.08 Å². The van der Waals surface area contributed by atoms with E-state index < -0.39 is 0 Å². The van der Waals surface area contributed by atoms with Gasteiger partial charge in [-0.05, 0) is 37.6 Å². The third-order valence-electron chi connectivity index (χ3n) is 2.69. The summed E-state index contributed by atoms with van der Waals surface area (Å²) in [6, 6.07) is 8.08. The maximum atomic E-state index is 3.96. The van der Waals surface area contributed by atoms with Crippen LogP contribution in [0.1, 0.15) is 19.4 Å². The molecule has 0 bridgehead atoms. The van der Waals surface area contributed by atoms with Crippen molar-refractivity contribution < 1.29 is 0 Å². The first kappa shape index (κ1) is 15.6. The van der Waals surface area contributed by atoms with Crippen LogP contribution in [0.2, 0.25) is 0 Å². The monoisotopic (exact) mass is 266 g/mol. The van der Waals surface area contributed by atoms with Gasteiger partial charge in [0, 0.05) is 11.4 Å². The molecule has 20 heavy (non-hydrogen) atoms. The smallest absolute Gasteiger partial charge is 0.100 e. The first-order chi connectivity index (χ1) is 9.56. The lowest BCUT2D eigenvalue weighted by Gasteiger charge is -2.13. The molecule has 0 amide bonds. The lowest BCUT2D eigenvalue weighted by molar-refractivity contribution is 1.01. The summed E-state index contributed by atoms with van der Waals surface area (Å²) in [4.78, 5) is 0. The van der Waals surface area contributed by atoms with E-state index in [2.05, 4.69) is 30.4 Å². The summed E-state index contributed by atoms with van der Waals surface area (Å²) < 4.78 is 0. The van der Waals surface area contributed by atoms with Gasteiger partial charge in [-0.25, -0.2) is 0 Å². The van der Waals surface area contributed by atoms with Crippen LogP contribution in [0.5, 0.6) is 0 Å². The second-order valence-corrected chi connectivity index (χ2v) is 4.43. The Morgan fingerprint density at radius 1 is 1.15 bits per heavy atom. The van der Waals surface area contributed by atoms with Gasteiger partial charge in [-0.2, -0.15) is 0 Å². The van der Waals surface area contributed by atoms with E-state index in [0.29, 0.717) is 0 Å². The van der Waals surface area contributed by atoms with Gasteiger partial charge in [0.15, 0.2) is 0 Å². The van der Waals surface area contributed by atoms with Crippen molar-refractivity contribution in [3.8, 4) is 0 Å². The van der Waals surface area contributed by atoms with Crippen molar-refractivity contribution in [3.05, 3.63) is 85.4 Å². The van der Waals surface area contributed by atoms with Crippen LogP contribution in [0.3, 0.4) is 0 Å². The summed E-state index contributed by atoms with van der Waals surface area (Å²) in [6.45, 7) is 15.5. The molecular formula is C18H22N2. The lowest BCUT2D eigenvalue weighted by Crippen LogP contribution is -2.17. The Labute approximate surface area is 121 Å². The van der Waals surface area contributed by atoms with E-state index in [-0.39, 0.29) is 0 Å². The number of rotatable bonds is 7. The van der Waals surface area contributed by atoms with Gasteiger partial charge in [0.2, 0.25) is 0 Å². The predicted octanol–water partition coefficient (Wildman–Crippen LogP) is 4.84. The van der Waals surface area contributed by atoms with Crippen LogP contribution in [0.15, 0.2) is 79.8 Å². The van der Waals surface area contributed by atoms with Crippen molar-refractivity contribution in [1.82, 2.24) is 5.32 Å². The van der Waals surface area contributed by atoms with Gasteiger partial charge in [0.05, 0.1) is 0 Å². The summed E-state index contributed by atoms with van der Waals surface area (Å²) >= 11 is 0. The van der Waals surface area contributed by atoms with Crippen LogP contribution in [0.4, 0.5) is 5.69 Å². The first-order valence-electron chi connectivity index (χ1n) is 6.51.